The maximum Gasteiger partial charge on any atom is 0.322 e. The van der Waals surface area contributed by atoms with Gasteiger partial charge in [0.25, 0.3) is 0 Å². The third-order valence-corrected chi connectivity index (χ3v) is 5.79. The zero-order valence-electron chi connectivity index (χ0n) is 16.1. The maximum atomic E-state index is 12.7. The highest BCUT2D eigenvalue weighted by atomic mass is 32.2. The van der Waals surface area contributed by atoms with Crippen LogP contribution < -0.4 is 20.7 Å². The predicted octanol–water partition coefficient (Wildman–Crippen LogP) is 2.09. The Bertz CT molecular complexity index is 1020. The van der Waals surface area contributed by atoms with Crippen molar-refractivity contribution in [2.24, 2.45) is 5.14 Å². The molecule has 0 radical (unpaired) electrons. The number of nitrogens with one attached hydrogen (secondary N) is 2. The van der Waals surface area contributed by atoms with Crippen molar-refractivity contribution >= 4 is 33.5 Å². The summed E-state index contributed by atoms with van der Waals surface area (Å²) in [4.78, 5) is 27.6. The summed E-state index contributed by atoms with van der Waals surface area (Å²) in [7, 11) is -2.12. The fourth-order valence-corrected chi connectivity index (χ4v) is 3.53. The smallest absolute Gasteiger partial charge is 0.322 e. The highest BCUT2D eigenvalue weighted by Gasteiger charge is 2.22. The number of sulfonamides is 1. The summed E-state index contributed by atoms with van der Waals surface area (Å²) in [6.45, 7) is 2.98. The molecule has 0 spiro atoms. The van der Waals surface area contributed by atoms with E-state index >= 15 is 0 Å². The van der Waals surface area contributed by atoms with Gasteiger partial charge < -0.3 is 15.5 Å². The van der Waals surface area contributed by atoms with Crippen LogP contribution in [0.25, 0.3) is 0 Å². The Labute approximate surface area is 169 Å². The molecule has 1 aliphatic rings. The van der Waals surface area contributed by atoms with Gasteiger partial charge in [-0.1, -0.05) is 18.2 Å². The van der Waals surface area contributed by atoms with Gasteiger partial charge >= 0.3 is 12.1 Å². The molecule has 0 aliphatic carbocycles. The van der Waals surface area contributed by atoms with Gasteiger partial charge in [0, 0.05) is 31.5 Å². The summed E-state index contributed by atoms with van der Waals surface area (Å²) < 4.78 is 22.8. The molecule has 1 fully saturated rings. The van der Waals surface area contributed by atoms with Crippen molar-refractivity contribution in [2.45, 2.75) is 17.9 Å². The van der Waals surface area contributed by atoms with Crippen LogP contribution >= 0.6 is 0 Å². The minimum atomic E-state index is -3.76. The molecular formula is C19H23N5O4S. The average Bonchev–Trinajstić information content (AvgIpc) is 3.12. The topological polar surface area (TPSA) is 125 Å². The molecule has 4 amide bonds. The molecule has 2 aromatic rings. The first-order valence-electron chi connectivity index (χ1n) is 8.99. The van der Waals surface area contributed by atoms with Crippen LogP contribution in [0, 0.1) is 0 Å². The van der Waals surface area contributed by atoms with Gasteiger partial charge in [-0.3, -0.25) is 4.90 Å². The van der Waals surface area contributed by atoms with E-state index in [4.69, 9.17) is 5.14 Å². The standard InChI is InChI=1S/C19H23N5O4S/c1-13(14-6-8-17(9-7-14)29(20,27)28)23(2)19(26)22-15-4-3-5-16(12-15)24-11-10-21-18(24)25/h3-9,12-13H,10-11H2,1-2H3,(H,21,25)(H,22,26)(H2,20,27,28). The first kappa shape index (κ1) is 20.6. The van der Waals surface area contributed by atoms with E-state index in [1.807, 2.05) is 6.92 Å². The Balaban J connectivity index is 1.69. The molecule has 1 atom stereocenters. The van der Waals surface area contributed by atoms with Crippen molar-refractivity contribution in [2.75, 3.05) is 30.4 Å². The molecule has 2 aromatic carbocycles. The van der Waals surface area contributed by atoms with E-state index in [0.717, 1.165) is 5.56 Å². The second-order valence-corrected chi connectivity index (χ2v) is 8.33. The van der Waals surface area contributed by atoms with Gasteiger partial charge in [0.1, 0.15) is 0 Å². The number of primary sulfonamides is 1. The lowest BCUT2D eigenvalue weighted by atomic mass is 10.1. The molecule has 10 heteroatoms. The summed E-state index contributed by atoms with van der Waals surface area (Å²) in [5, 5.41) is 10.7. The van der Waals surface area contributed by atoms with Crippen molar-refractivity contribution in [3.05, 3.63) is 54.1 Å². The Kier molecular flexibility index (Phi) is 5.76. The third kappa shape index (κ3) is 4.66. The SMILES string of the molecule is CC(c1ccc(S(N)(=O)=O)cc1)N(C)C(=O)Nc1cccc(N2CCNC2=O)c1. The molecule has 1 unspecified atom stereocenters. The number of benzene rings is 2. The van der Waals surface area contributed by atoms with Crippen LogP contribution in [0.2, 0.25) is 0 Å². The number of hydrogen-bond donors (Lipinski definition) is 3. The van der Waals surface area contributed by atoms with E-state index in [1.54, 1.807) is 48.3 Å². The number of anilines is 2. The number of rotatable bonds is 5. The van der Waals surface area contributed by atoms with Gasteiger partial charge in [-0.05, 0) is 42.8 Å². The lowest BCUT2D eigenvalue weighted by Gasteiger charge is -2.26. The molecule has 3 rings (SSSR count). The van der Waals surface area contributed by atoms with Crippen LogP contribution in [-0.4, -0.2) is 45.5 Å². The van der Waals surface area contributed by atoms with E-state index < -0.39 is 10.0 Å². The molecule has 0 aromatic heterocycles. The summed E-state index contributed by atoms with van der Waals surface area (Å²) in [6.07, 6.45) is 0. The van der Waals surface area contributed by atoms with Crippen molar-refractivity contribution < 1.29 is 18.0 Å². The summed E-state index contributed by atoms with van der Waals surface area (Å²) >= 11 is 0. The third-order valence-electron chi connectivity index (χ3n) is 4.86. The zero-order chi connectivity index (χ0) is 21.2. The van der Waals surface area contributed by atoms with Crippen molar-refractivity contribution in [3.63, 3.8) is 0 Å². The molecule has 154 valence electrons. The number of carbonyl (C=O) groups excluding carboxylic acids is 2. The van der Waals surface area contributed by atoms with E-state index in [2.05, 4.69) is 10.6 Å². The van der Waals surface area contributed by atoms with E-state index in [-0.39, 0.29) is 23.0 Å². The molecule has 1 saturated heterocycles. The van der Waals surface area contributed by atoms with E-state index in [1.165, 1.54) is 17.0 Å². The predicted molar refractivity (Wildman–Crippen MR) is 110 cm³/mol. The minimum absolute atomic E-state index is 0.0170. The van der Waals surface area contributed by atoms with Crippen LogP contribution in [0.4, 0.5) is 21.0 Å². The van der Waals surface area contributed by atoms with Crippen LogP contribution in [0.1, 0.15) is 18.5 Å². The Hall–Kier alpha value is -3.11. The van der Waals surface area contributed by atoms with E-state index in [0.29, 0.717) is 24.5 Å². The molecule has 9 nitrogen and oxygen atoms in total. The van der Waals surface area contributed by atoms with E-state index in [9.17, 15) is 18.0 Å². The monoisotopic (exact) mass is 417 g/mol. The summed E-state index contributed by atoms with van der Waals surface area (Å²) in [6, 6.07) is 12.3. The highest BCUT2D eigenvalue weighted by Crippen LogP contribution is 2.24. The first-order chi connectivity index (χ1) is 13.7. The largest absolute Gasteiger partial charge is 0.336 e. The van der Waals surface area contributed by atoms with Crippen LogP contribution in [0.3, 0.4) is 0 Å². The molecule has 1 aliphatic heterocycles. The maximum absolute atomic E-state index is 12.7. The quantitative estimate of drug-likeness (QED) is 0.689. The van der Waals surface area contributed by atoms with Crippen molar-refractivity contribution in [1.29, 1.82) is 0 Å². The molecule has 1 heterocycles. The second-order valence-electron chi connectivity index (χ2n) is 6.76. The molecule has 0 bridgehead atoms. The van der Waals surface area contributed by atoms with Gasteiger partial charge in [-0.2, -0.15) is 0 Å². The second kappa shape index (κ2) is 8.10. The van der Waals surface area contributed by atoms with Crippen LogP contribution in [0.5, 0.6) is 0 Å². The first-order valence-corrected chi connectivity index (χ1v) is 10.5. The lowest BCUT2D eigenvalue weighted by Crippen LogP contribution is -2.33. The number of carbonyl (C=O) groups is 2. The van der Waals surface area contributed by atoms with Gasteiger partial charge in [0.2, 0.25) is 10.0 Å². The van der Waals surface area contributed by atoms with Gasteiger partial charge in [-0.25, -0.2) is 23.1 Å². The van der Waals surface area contributed by atoms with Gasteiger partial charge in [-0.15, -0.1) is 0 Å². The molecular weight excluding hydrogens is 394 g/mol. The van der Waals surface area contributed by atoms with Crippen molar-refractivity contribution in [3.8, 4) is 0 Å². The highest BCUT2D eigenvalue weighted by molar-refractivity contribution is 7.89. The van der Waals surface area contributed by atoms with Gasteiger partial charge in [0.15, 0.2) is 0 Å². The van der Waals surface area contributed by atoms with Crippen LogP contribution in [-0.2, 0) is 10.0 Å². The number of hydrogen-bond acceptors (Lipinski definition) is 4. The van der Waals surface area contributed by atoms with Crippen LogP contribution in [0.15, 0.2) is 53.4 Å². The Morgan fingerprint density at radius 2 is 1.93 bits per heavy atom. The molecule has 29 heavy (non-hydrogen) atoms. The molecule has 0 saturated carbocycles. The summed E-state index contributed by atoms with van der Waals surface area (Å²) in [5.41, 5.74) is 2.03. The lowest BCUT2D eigenvalue weighted by molar-refractivity contribution is 0.208. The number of urea groups is 2. The minimum Gasteiger partial charge on any atom is -0.336 e. The average molecular weight is 417 g/mol. The number of nitrogens with zero attached hydrogens (tertiary/aromatic N) is 2. The van der Waals surface area contributed by atoms with Gasteiger partial charge in [0.05, 0.1) is 10.9 Å². The number of nitrogens with two attached hydrogens (primary N) is 1. The molecule has 4 N–H and O–H groups in total. The normalized spacial score (nSPS) is 15.0. The summed E-state index contributed by atoms with van der Waals surface area (Å²) in [5.74, 6) is 0. The fraction of sp³-hybridized carbons (Fsp3) is 0.263. The number of amides is 4. The Morgan fingerprint density at radius 3 is 2.52 bits per heavy atom. The fourth-order valence-electron chi connectivity index (χ4n) is 3.02. The zero-order valence-corrected chi connectivity index (χ0v) is 16.9. The van der Waals surface area contributed by atoms with Crippen molar-refractivity contribution in [1.82, 2.24) is 10.2 Å². The Morgan fingerprint density at radius 1 is 1.24 bits per heavy atom.